The molecule has 1 aromatic carbocycles. The van der Waals surface area contributed by atoms with Gasteiger partial charge >= 0.3 is 6.36 Å². The van der Waals surface area contributed by atoms with Gasteiger partial charge in [-0.3, -0.25) is 0 Å². The van der Waals surface area contributed by atoms with Gasteiger partial charge < -0.3 is 4.74 Å². The van der Waals surface area contributed by atoms with Crippen molar-refractivity contribution >= 4 is 0 Å². The average molecular weight is 251 g/mol. The highest BCUT2D eigenvalue weighted by Gasteiger charge is 2.31. The van der Waals surface area contributed by atoms with Crippen molar-refractivity contribution in [1.82, 2.24) is 0 Å². The number of ether oxygens (including phenoxy) is 1. The lowest BCUT2D eigenvalue weighted by atomic mass is 10.1. The molecule has 17 heavy (non-hydrogen) atoms. The van der Waals surface area contributed by atoms with E-state index in [0.29, 0.717) is 0 Å². The second-order valence-corrected chi connectivity index (χ2v) is 3.04. The molecule has 0 heterocycles. The molecule has 0 saturated heterocycles. The van der Waals surface area contributed by atoms with E-state index in [0.717, 1.165) is 18.2 Å². The molecule has 92 valence electrons. The van der Waals surface area contributed by atoms with E-state index in [-0.39, 0.29) is 5.56 Å². The number of nitrogens with zero attached hydrogens (tertiary/aromatic N) is 1. The number of alkyl halides is 5. The van der Waals surface area contributed by atoms with E-state index in [1.807, 2.05) is 0 Å². The summed E-state index contributed by atoms with van der Waals surface area (Å²) in [6.45, 7) is 0. The zero-order valence-electron chi connectivity index (χ0n) is 8.26. The average Bonchev–Trinajstić information content (AvgIpc) is 2.15. The standard InChI is InChI=1S/C10H6F5NO/c11-9(12)8-2-1-7(17-10(13,14)15)5-6(8)3-4-16/h1-2,5,9H,3H2. The van der Waals surface area contributed by atoms with Crippen molar-refractivity contribution in [3.63, 3.8) is 0 Å². The summed E-state index contributed by atoms with van der Waals surface area (Å²) < 4.78 is 64.1. The summed E-state index contributed by atoms with van der Waals surface area (Å²) in [5, 5.41) is 8.39. The molecule has 0 N–H and O–H groups in total. The van der Waals surface area contributed by atoms with Crippen LogP contribution < -0.4 is 4.74 Å². The Kier molecular flexibility index (Phi) is 3.89. The fraction of sp³-hybridized carbons (Fsp3) is 0.300. The monoisotopic (exact) mass is 251 g/mol. The van der Waals surface area contributed by atoms with Crippen LogP contribution in [0.5, 0.6) is 5.75 Å². The Morgan fingerprint density at radius 2 is 1.94 bits per heavy atom. The van der Waals surface area contributed by atoms with Crippen molar-refractivity contribution in [2.75, 3.05) is 0 Å². The van der Waals surface area contributed by atoms with Gasteiger partial charge in [0, 0.05) is 5.56 Å². The number of rotatable bonds is 3. The van der Waals surface area contributed by atoms with Gasteiger partial charge in [-0.15, -0.1) is 13.2 Å². The van der Waals surface area contributed by atoms with Gasteiger partial charge in [0.2, 0.25) is 0 Å². The van der Waals surface area contributed by atoms with Gasteiger partial charge in [-0.1, -0.05) is 0 Å². The predicted molar refractivity (Wildman–Crippen MR) is 47.4 cm³/mol. The third-order valence-corrected chi connectivity index (χ3v) is 1.85. The van der Waals surface area contributed by atoms with Gasteiger partial charge in [0.1, 0.15) is 5.75 Å². The highest BCUT2D eigenvalue weighted by atomic mass is 19.4. The van der Waals surface area contributed by atoms with Crippen molar-refractivity contribution in [2.24, 2.45) is 0 Å². The Bertz CT molecular complexity index is 435. The summed E-state index contributed by atoms with van der Waals surface area (Å²) in [6, 6.07) is 3.99. The minimum Gasteiger partial charge on any atom is -0.406 e. The normalized spacial score (nSPS) is 11.4. The summed E-state index contributed by atoms with van der Waals surface area (Å²) in [6.07, 6.45) is -8.15. The number of hydrogen-bond acceptors (Lipinski definition) is 2. The Hall–Kier alpha value is -1.84. The number of hydrogen-bond donors (Lipinski definition) is 0. The Balaban J connectivity index is 3.06. The molecule has 2 nitrogen and oxygen atoms in total. The molecular formula is C10H6F5NO. The van der Waals surface area contributed by atoms with Crippen LogP contribution in [-0.2, 0) is 6.42 Å². The van der Waals surface area contributed by atoms with Gasteiger partial charge in [0.15, 0.2) is 0 Å². The third kappa shape index (κ3) is 3.90. The van der Waals surface area contributed by atoms with Crippen LogP contribution in [0, 0.1) is 11.3 Å². The van der Waals surface area contributed by atoms with Crippen LogP contribution in [0.1, 0.15) is 17.6 Å². The predicted octanol–water partition coefficient (Wildman–Crippen LogP) is 3.59. The lowest BCUT2D eigenvalue weighted by Gasteiger charge is -2.11. The van der Waals surface area contributed by atoms with Crippen LogP contribution >= 0.6 is 0 Å². The molecular weight excluding hydrogens is 245 g/mol. The molecule has 0 saturated carbocycles. The highest BCUT2D eigenvalue weighted by molar-refractivity contribution is 5.38. The van der Waals surface area contributed by atoms with E-state index in [4.69, 9.17) is 5.26 Å². The van der Waals surface area contributed by atoms with Crippen LogP contribution in [-0.4, -0.2) is 6.36 Å². The van der Waals surface area contributed by atoms with E-state index < -0.39 is 30.5 Å². The molecule has 0 unspecified atom stereocenters. The quantitative estimate of drug-likeness (QED) is 0.769. The number of halogens is 5. The van der Waals surface area contributed by atoms with Crippen LogP contribution in [0.2, 0.25) is 0 Å². The molecule has 1 aromatic rings. The minimum atomic E-state index is -4.89. The largest absolute Gasteiger partial charge is 0.573 e. The zero-order chi connectivity index (χ0) is 13.1. The van der Waals surface area contributed by atoms with Gasteiger partial charge in [0.05, 0.1) is 12.5 Å². The first-order valence-electron chi connectivity index (χ1n) is 4.37. The SMILES string of the molecule is N#CCc1cc(OC(F)(F)F)ccc1C(F)F. The van der Waals surface area contributed by atoms with E-state index in [1.165, 1.54) is 0 Å². The van der Waals surface area contributed by atoms with E-state index >= 15 is 0 Å². The van der Waals surface area contributed by atoms with Gasteiger partial charge in [-0.05, 0) is 23.8 Å². The first-order valence-corrected chi connectivity index (χ1v) is 4.37. The van der Waals surface area contributed by atoms with Crippen molar-refractivity contribution in [3.8, 4) is 11.8 Å². The van der Waals surface area contributed by atoms with Crippen LogP contribution in [0.25, 0.3) is 0 Å². The van der Waals surface area contributed by atoms with E-state index in [9.17, 15) is 22.0 Å². The zero-order valence-corrected chi connectivity index (χ0v) is 8.26. The molecule has 0 aliphatic rings. The molecule has 0 spiro atoms. The lowest BCUT2D eigenvalue weighted by Crippen LogP contribution is -2.17. The Morgan fingerprint density at radius 3 is 2.41 bits per heavy atom. The topological polar surface area (TPSA) is 33.0 Å². The Morgan fingerprint density at radius 1 is 1.29 bits per heavy atom. The molecule has 0 aliphatic carbocycles. The molecule has 0 aliphatic heterocycles. The van der Waals surface area contributed by atoms with Crippen LogP contribution in [0.3, 0.4) is 0 Å². The molecule has 0 radical (unpaired) electrons. The fourth-order valence-corrected chi connectivity index (χ4v) is 1.23. The molecule has 0 fully saturated rings. The maximum atomic E-state index is 12.4. The molecule has 0 bridgehead atoms. The van der Waals surface area contributed by atoms with Gasteiger partial charge in [0.25, 0.3) is 6.43 Å². The molecule has 1 rings (SSSR count). The smallest absolute Gasteiger partial charge is 0.406 e. The summed E-state index contributed by atoms with van der Waals surface area (Å²) >= 11 is 0. The van der Waals surface area contributed by atoms with Crippen molar-refractivity contribution in [3.05, 3.63) is 29.3 Å². The maximum Gasteiger partial charge on any atom is 0.573 e. The summed E-state index contributed by atoms with van der Waals surface area (Å²) in [5.41, 5.74) is -0.648. The summed E-state index contributed by atoms with van der Waals surface area (Å²) in [7, 11) is 0. The van der Waals surface area contributed by atoms with Crippen LogP contribution in [0.15, 0.2) is 18.2 Å². The highest BCUT2D eigenvalue weighted by Crippen LogP contribution is 2.29. The molecule has 0 atom stereocenters. The second kappa shape index (κ2) is 4.99. The summed E-state index contributed by atoms with van der Waals surface area (Å²) in [5.74, 6) is -0.618. The van der Waals surface area contributed by atoms with Crippen LogP contribution in [0.4, 0.5) is 22.0 Å². The lowest BCUT2D eigenvalue weighted by molar-refractivity contribution is -0.274. The second-order valence-electron chi connectivity index (χ2n) is 3.04. The van der Waals surface area contributed by atoms with Crippen molar-refractivity contribution < 1.29 is 26.7 Å². The minimum absolute atomic E-state index is 0.177. The van der Waals surface area contributed by atoms with Crippen molar-refractivity contribution in [2.45, 2.75) is 19.2 Å². The Labute approximate surface area is 93.2 Å². The summed E-state index contributed by atoms with van der Waals surface area (Å²) in [4.78, 5) is 0. The van der Waals surface area contributed by atoms with E-state index in [1.54, 1.807) is 6.07 Å². The van der Waals surface area contributed by atoms with Crippen molar-refractivity contribution in [1.29, 1.82) is 5.26 Å². The fourth-order valence-electron chi connectivity index (χ4n) is 1.23. The maximum absolute atomic E-state index is 12.4. The molecule has 0 amide bonds. The first-order chi connectivity index (χ1) is 7.83. The molecule has 0 aromatic heterocycles. The number of benzene rings is 1. The van der Waals surface area contributed by atoms with Gasteiger partial charge in [-0.2, -0.15) is 5.26 Å². The first kappa shape index (κ1) is 13.2. The number of nitriles is 1. The molecule has 7 heteroatoms. The third-order valence-electron chi connectivity index (χ3n) is 1.85. The van der Waals surface area contributed by atoms with Gasteiger partial charge in [-0.25, -0.2) is 8.78 Å². The van der Waals surface area contributed by atoms with E-state index in [2.05, 4.69) is 4.74 Å².